The molecular formula is C19H21FN4S2. The summed E-state index contributed by atoms with van der Waals surface area (Å²) < 4.78 is 17.2. The second-order valence-corrected chi connectivity index (χ2v) is 8.96. The van der Waals surface area contributed by atoms with Gasteiger partial charge in [-0.05, 0) is 44.5 Å². The number of aromatic nitrogens is 3. The molecule has 1 N–H and O–H groups in total. The Morgan fingerprint density at radius 1 is 1.23 bits per heavy atom. The van der Waals surface area contributed by atoms with Gasteiger partial charge in [0.2, 0.25) is 0 Å². The van der Waals surface area contributed by atoms with Gasteiger partial charge >= 0.3 is 0 Å². The standard InChI is InChI=1S/C19H21FN4S2/c1-10(5-11(2)21-3)15-8-16-19(25-15)22-18(26-16)12-6-13-9-24(4)23-17(13)14(20)7-12/h6-11,21H,5H2,1-4H3. The van der Waals surface area contributed by atoms with Gasteiger partial charge in [0.05, 0.1) is 4.70 Å². The Balaban J connectivity index is 1.67. The molecule has 0 bridgehead atoms. The molecule has 0 saturated heterocycles. The fourth-order valence-electron chi connectivity index (χ4n) is 3.22. The van der Waals surface area contributed by atoms with Gasteiger partial charge in [-0.15, -0.1) is 22.7 Å². The first-order chi connectivity index (χ1) is 12.4. The maximum atomic E-state index is 14.3. The molecule has 7 heteroatoms. The molecule has 0 aliphatic carbocycles. The highest BCUT2D eigenvalue weighted by atomic mass is 32.1. The Morgan fingerprint density at radius 2 is 2.04 bits per heavy atom. The van der Waals surface area contributed by atoms with Gasteiger partial charge in [-0.3, -0.25) is 4.68 Å². The summed E-state index contributed by atoms with van der Waals surface area (Å²) in [6.07, 6.45) is 2.93. The van der Waals surface area contributed by atoms with Crippen LogP contribution in [0.3, 0.4) is 0 Å². The molecule has 26 heavy (non-hydrogen) atoms. The molecule has 3 heterocycles. The summed E-state index contributed by atoms with van der Waals surface area (Å²) in [4.78, 5) is 7.17. The van der Waals surface area contributed by atoms with Crippen molar-refractivity contribution in [3.05, 3.63) is 35.1 Å². The van der Waals surface area contributed by atoms with Crippen molar-refractivity contribution in [2.24, 2.45) is 7.05 Å². The summed E-state index contributed by atoms with van der Waals surface area (Å²) in [7, 11) is 3.80. The molecule has 0 amide bonds. The van der Waals surface area contributed by atoms with Crippen LogP contribution in [-0.4, -0.2) is 27.9 Å². The quantitative estimate of drug-likeness (QED) is 0.514. The average molecular weight is 389 g/mol. The van der Waals surface area contributed by atoms with E-state index in [2.05, 4.69) is 30.3 Å². The molecule has 2 atom stereocenters. The molecule has 136 valence electrons. The first kappa shape index (κ1) is 17.6. The van der Waals surface area contributed by atoms with Crippen molar-refractivity contribution in [3.8, 4) is 10.6 Å². The maximum absolute atomic E-state index is 14.3. The van der Waals surface area contributed by atoms with Crippen molar-refractivity contribution in [2.45, 2.75) is 32.2 Å². The highest BCUT2D eigenvalue weighted by Gasteiger charge is 2.17. The lowest BCUT2D eigenvalue weighted by molar-refractivity contribution is 0.520. The normalized spacial score (nSPS) is 14.3. The first-order valence-corrected chi connectivity index (χ1v) is 10.3. The third-order valence-electron chi connectivity index (χ3n) is 4.72. The Bertz CT molecular complexity index is 1050. The van der Waals surface area contributed by atoms with E-state index in [0.29, 0.717) is 17.5 Å². The summed E-state index contributed by atoms with van der Waals surface area (Å²) in [5.74, 6) is 0.198. The van der Waals surface area contributed by atoms with Crippen molar-refractivity contribution >= 4 is 43.1 Å². The third kappa shape index (κ3) is 3.15. The number of nitrogens with one attached hydrogen (secondary N) is 1. The molecule has 1 aromatic carbocycles. The highest BCUT2D eigenvalue weighted by molar-refractivity contribution is 7.28. The second kappa shape index (κ2) is 6.72. The average Bonchev–Trinajstić information content (AvgIpc) is 3.26. The van der Waals surface area contributed by atoms with Crippen LogP contribution < -0.4 is 5.32 Å². The van der Waals surface area contributed by atoms with E-state index in [1.54, 1.807) is 34.4 Å². The van der Waals surface area contributed by atoms with Crippen LogP contribution >= 0.6 is 22.7 Å². The molecule has 0 saturated carbocycles. The van der Waals surface area contributed by atoms with Crippen LogP contribution in [0.15, 0.2) is 24.4 Å². The topological polar surface area (TPSA) is 42.7 Å². The molecule has 0 radical (unpaired) electrons. The number of hydrogen-bond acceptors (Lipinski definition) is 5. The lowest BCUT2D eigenvalue weighted by Gasteiger charge is -2.14. The van der Waals surface area contributed by atoms with Crippen molar-refractivity contribution in [2.75, 3.05) is 7.05 Å². The minimum absolute atomic E-state index is 0.299. The van der Waals surface area contributed by atoms with E-state index in [1.807, 2.05) is 19.3 Å². The number of rotatable bonds is 5. The van der Waals surface area contributed by atoms with E-state index >= 15 is 0 Å². The predicted molar refractivity (Wildman–Crippen MR) is 109 cm³/mol. The van der Waals surface area contributed by atoms with Gasteiger partial charge in [-0.25, -0.2) is 9.37 Å². The fraction of sp³-hybridized carbons (Fsp3) is 0.368. The molecule has 0 fully saturated rings. The van der Waals surface area contributed by atoms with Gasteiger partial charge in [0.1, 0.15) is 15.4 Å². The van der Waals surface area contributed by atoms with Crippen LogP contribution in [0.1, 0.15) is 31.1 Å². The summed E-state index contributed by atoms with van der Waals surface area (Å²) in [6, 6.07) is 6.23. The minimum atomic E-state index is -0.299. The number of benzene rings is 1. The van der Waals surface area contributed by atoms with E-state index in [0.717, 1.165) is 27.2 Å². The highest BCUT2D eigenvalue weighted by Crippen LogP contribution is 2.39. The Labute approximate surface area is 159 Å². The smallest absolute Gasteiger partial charge is 0.152 e. The van der Waals surface area contributed by atoms with Crippen LogP contribution in [-0.2, 0) is 7.05 Å². The monoisotopic (exact) mass is 388 g/mol. The number of halogens is 1. The van der Waals surface area contributed by atoms with Crippen LogP contribution in [0.4, 0.5) is 4.39 Å². The zero-order chi connectivity index (χ0) is 18.4. The van der Waals surface area contributed by atoms with Crippen LogP contribution in [0.2, 0.25) is 0 Å². The number of hydrogen-bond donors (Lipinski definition) is 1. The molecule has 4 aromatic rings. The van der Waals surface area contributed by atoms with E-state index in [-0.39, 0.29) is 5.82 Å². The van der Waals surface area contributed by atoms with Gasteiger partial charge in [0, 0.05) is 35.1 Å². The summed E-state index contributed by atoms with van der Waals surface area (Å²) in [6.45, 7) is 4.46. The second-order valence-electron chi connectivity index (χ2n) is 6.86. The Hall–Kier alpha value is -1.83. The van der Waals surface area contributed by atoms with Gasteiger partial charge < -0.3 is 5.32 Å². The van der Waals surface area contributed by atoms with Crippen LogP contribution in [0.5, 0.6) is 0 Å². The predicted octanol–water partition coefficient (Wildman–Crippen LogP) is 5.15. The lowest BCUT2D eigenvalue weighted by atomic mass is 10.0. The largest absolute Gasteiger partial charge is 0.317 e. The van der Waals surface area contributed by atoms with Gasteiger partial charge in [0.15, 0.2) is 5.82 Å². The van der Waals surface area contributed by atoms with E-state index in [4.69, 9.17) is 4.98 Å². The van der Waals surface area contributed by atoms with E-state index in [9.17, 15) is 4.39 Å². The summed E-state index contributed by atoms with van der Waals surface area (Å²) in [5, 5.41) is 9.12. The minimum Gasteiger partial charge on any atom is -0.317 e. The van der Waals surface area contributed by atoms with Crippen molar-refractivity contribution < 1.29 is 4.39 Å². The molecular weight excluding hydrogens is 367 g/mol. The molecule has 2 unspecified atom stereocenters. The number of thiophene rings is 1. The lowest BCUT2D eigenvalue weighted by Crippen LogP contribution is -2.22. The fourth-order valence-corrected chi connectivity index (χ4v) is 5.49. The zero-order valence-electron chi connectivity index (χ0n) is 15.2. The van der Waals surface area contributed by atoms with Crippen LogP contribution in [0, 0.1) is 5.82 Å². The number of thiazole rings is 1. The van der Waals surface area contributed by atoms with E-state index < -0.39 is 0 Å². The number of nitrogens with zero attached hydrogens (tertiary/aromatic N) is 3. The molecule has 0 spiro atoms. The Kier molecular flexibility index (Phi) is 4.54. The van der Waals surface area contributed by atoms with Crippen molar-refractivity contribution in [1.29, 1.82) is 0 Å². The number of fused-ring (bicyclic) bond motifs is 2. The third-order valence-corrected chi connectivity index (χ3v) is 7.16. The van der Waals surface area contributed by atoms with E-state index in [1.165, 1.54) is 15.6 Å². The van der Waals surface area contributed by atoms with Crippen molar-refractivity contribution in [1.82, 2.24) is 20.1 Å². The Morgan fingerprint density at radius 3 is 2.77 bits per heavy atom. The maximum Gasteiger partial charge on any atom is 0.152 e. The SMILES string of the molecule is CNC(C)CC(C)c1cc2sc(-c3cc(F)c4nn(C)cc4c3)nc2s1. The molecule has 4 nitrogen and oxygen atoms in total. The number of aryl methyl sites for hydroxylation is 1. The summed E-state index contributed by atoms with van der Waals surface area (Å²) >= 11 is 3.37. The van der Waals surface area contributed by atoms with Gasteiger partial charge in [0.25, 0.3) is 0 Å². The molecule has 0 aliphatic rings. The molecule has 3 aromatic heterocycles. The van der Waals surface area contributed by atoms with Gasteiger partial charge in [-0.1, -0.05) is 6.92 Å². The zero-order valence-corrected chi connectivity index (χ0v) is 16.8. The van der Waals surface area contributed by atoms with Gasteiger partial charge in [-0.2, -0.15) is 5.10 Å². The first-order valence-electron chi connectivity index (χ1n) is 8.65. The summed E-state index contributed by atoms with van der Waals surface area (Å²) in [5.41, 5.74) is 1.22. The molecule has 4 rings (SSSR count). The van der Waals surface area contributed by atoms with Crippen molar-refractivity contribution in [3.63, 3.8) is 0 Å². The molecule has 0 aliphatic heterocycles. The van der Waals surface area contributed by atoms with Crippen LogP contribution in [0.25, 0.3) is 31.0 Å².